The lowest BCUT2D eigenvalue weighted by Gasteiger charge is -2.36. The number of rotatable bonds is 2. The molecule has 0 amide bonds. The second-order valence-corrected chi connectivity index (χ2v) is 7.83. The molecule has 3 aromatic rings. The van der Waals surface area contributed by atoms with E-state index in [1.807, 2.05) is 66.2 Å². The summed E-state index contributed by atoms with van der Waals surface area (Å²) in [5.74, 6) is 0.961. The van der Waals surface area contributed by atoms with Crippen LogP contribution in [-0.2, 0) is 4.79 Å². The smallest absolute Gasteiger partial charge is 0.143 e. The number of hydrogen-bond donors (Lipinski definition) is 1. The van der Waals surface area contributed by atoms with E-state index in [4.69, 9.17) is 16.7 Å². The normalized spacial score (nSPS) is 20.8. The molecular weight excluding hydrogens is 370 g/mol. The molecule has 0 bridgehead atoms. The van der Waals surface area contributed by atoms with Crippen molar-refractivity contribution >= 4 is 23.2 Å². The number of hydrogen-bond acceptors (Lipinski definition) is 3. The molecule has 1 aliphatic heterocycles. The lowest BCUT2D eigenvalue weighted by Crippen LogP contribution is -2.35. The van der Waals surface area contributed by atoms with E-state index >= 15 is 0 Å². The summed E-state index contributed by atoms with van der Waals surface area (Å²) in [6.07, 6.45) is 3.52. The van der Waals surface area contributed by atoms with Crippen LogP contribution in [0.3, 0.4) is 0 Å². The van der Waals surface area contributed by atoms with E-state index in [-0.39, 0.29) is 17.6 Å². The van der Waals surface area contributed by atoms with Crippen LogP contribution >= 0.6 is 11.6 Å². The molecule has 2 aromatic carbocycles. The SMILES string of the molecule is Cc1nn(-c2ccccc2)c2c1[C@@H](c1ccc(Cl)cc1)[C@@H]1C(=O)CCC=C1N2. The van der Waals surface area contributed by atoms with Crippen molar-refractivity contribution in [3.63, 3.8) is 0 Å². The first-order valence-electron chi connectivity index (χ1n) is 9.53. The second-order valence-electron chi connectivity index (χ2n) is 7.39. The first-order valence-corrected chi connectivity index (χ1v) is 9.91. The summed E-state index contributed by atoms with van der Waals surface area (Å²) in [6, 6.07) is 17.9. The number of anilines is 1. The number of carbonyl (C=O) groups excluding carboxylic acids is 1. The average Bonchev–Trinajstić information content (AvgIpc) is 3.04. The summed E-state index contributed by atoms with van der Waals surface area (Å²) < 4.78 is 1.95. The molecule has 1 aliphatic carbocycles. The minimum absolute atomic E-state index is 0.0648. The number of carbonyl (C=O) groups is 1. The lowest BCUT2D eigenvalue weighted by molar-refractivity contribution is -0.122. The highest BCUT2D eigenvalue weighted by Crippen LogP contribution is 2.48. The molecule has 5 rings (SSSR count). The Bertz CT molecular complexity index is 1080. The molecule has 0 saturated carbocycles. The lowest BCUT2D eigenvalue weighted by atomic mass is 9.72. The number of para-hydroxylation sites is 1. The molecule has 1 aromatic heterocycles. The fraction of sp³-hybridized carbons (Fsp3) is 0.217. The Kier molecular flexibility index (Phi) is 4.09. The molecule has 2 atom stereocenters. The van der Waals surface area contributed by atoms with Crippen LogP contribution in [0.15, 0.2) is 66.4 Å². The molecule has 0 radical (unpaired) electrons. The zero-order chi connectivity index (χ0) is 19.3. The highest BCUT2D eigenvalue weighted by atomic mass is 35.5. The second kappa shape index (κ2) is 6.64. The largest absolute Gasteiger partial charge is 0.343 e. The monoisotopic (exact) mass is 389 g/mol. The number of Topliss-reactive ketones (excluding diaryl/α,β-unsaturated/α-hetero) is 1. The summed E-state index contributed by atoms with van der Waals surface area (Å²) in [4.78, 5) is 12.9. The van der Waals surface area contributed by atoms with Gasteiger partial charge in [-0.2, -0.15) is 5.10 Å². The average molecular weight is 390 g/mol. The first-order chi connectivity index (χ1) is 13.6. The Morgan fingerprint density at radius 2 is 1.82 bits per heavy atom. The van der Waals surface area contributed by atoms with Gasteiger partial charge < -0.3 is 5.32 Å². The van der Waals surface area contributed by atoms with Gasteiger partial charge in [0.1, 0.15) is 11.6 Å². The molecule has 0 saturated heterocycles. The number of nitrogens with one attached hydrogen (secondary N) is 1. The van der Waals surface area contributed by atoms with Crippen molar-refractivity contribution in [2.45, 2.75) is 25.7 Å². The summed E-state index contributed by atoms with van der Waals surface area (Å²) >= 11 is 6.13. The standard InChI is InChI=1S/C23H20ClN3O/c1-14-20-21(15-10-12-16(24)13-11-15)22-18(8-5-9-19(22)28)25-23(20)27(26-14)17-6-3-2-4-7-17/h2-4,6-8,10-13,21-22,25H,5,9H2,1H3/t21-,22+/m1/s1. The van der Waals surface area contributed by atoms with Crippen LogP contribution in [0.5, 0.6) is 0 Å². The van der Waals surface area contributed by atoms with E-state index in [1.165, 1.54) is 0 Å². The molecule has 0 unspecified atom stereocenters. The van der Waals surface area contributed by atoms with Crippen LogP contribution in [0.25, 0.3) is 5.69 Å². The number of benzene rings is 2. The molecule has 2 heterocycles. The molecule has 140 valence electrons. The van der Waals surface area contributed by atoms with Crippen LogP contribution in [-0.4, -0.2) is 15.6 Å². The Balaban J connectivity index is 1.75. The van der Waals surface area contributed by atoms with E-state index in [1.54, 1.807) is 0 Å². The first kappa shape index (κ1) is 17.3. The molecule has 0 fully saturated rings. The van der Waals surface area contributed by atoms with Gasteiger partial charge in [0.05, 0.1) is 17.3 Å². The van der Waals surface area contributed by atoms with Crippen LogP contribution in [0, 0.1) is 12.8 Å². The molecule has 4 nitrogen and oxygen atoms in total. The zero-order valence-corrected chi connectivity index (χ0v) is 16.3. The third-order valence-electron chi connectivity index (χ3n) is 5.68. The highest BCUT2D eigenvalue weighted by molar-refractivity contribution is 6.30. The van der Waals surface area contributed by atoms with Crippen molar-refractivity contribution in [1.29, 1.82) is 0 Å². The number of halogens is 1. The van der Waals surface area contributed by atoms with Crippen molar-refractivity contribution in [2.24, 2.45) is 5.92 Å². The van der Waals surface area contributed by atoms with Crippen LogP contribution in [0.1, 0.15) is 35.6 Å². The maximum Gasteiger partial charge on any atom is 0.143 e. The van der Waals surface area contributed by atoms with E-state index in [9.17, 15) is 4.79 Å². The maximum atomic E-state index is 12.9. The van der Waals surface area contributed by atoms with E-state index in [2.05, 4.69) is 11.4 Å². The van der Waals surface area contributed by atoms with Gasteiger partial charge in [0.15, 0.2) is 0 Å². The number of aromatic nitrogens is 2. The van der Waals surface area contributed by atoms with Gasteiger partial charge in [-0.25, -0.2) is 4.68 Å². The van der Waals surface area contributed by atoms with Gasteiger partial charge in [-0.3, -0.25) is 4.79 Å². The minimum Gasteiger partial charge on any atom is -0.343 e. The van der Waals surface area contributed by atoms with Gasteiger partial charge in [0.2, 0.25) is 0 Å². The van der Waals surface area contributed by atoms with Gasteiger partial charge in [0.25, 0.3) is 0 Å². The molecule has 28 heavy (non-hydrogen) atoms. The van der Waals surface area contributed by atoms with Gasteiger partial charge >= 0.3 is 0 Å². The zero-order valence-electron chi connectivity index (χ0n) is 15.5. The van der Waals surface area contributed by atoms with Crippen LogP contribution in [0.2, 0.25) is 5.02 Å². The minimum atomic E-state index is -0.199. The fourth-order valence-corrected chi connectivity index (χ4v) is 4.57. The number of nitrogens with zero attached hydrogens (tertiary/aromatic N) is 2. The van der Waals surface area contributed by atoms with Crippen molar-refractivity contribution < 1.29 is 4.79 Å². The Hall–Kier alpha value is -2.85. The number of aryl methyl sites for hydroxylation is 1. The topological polar surface area (TPSA) is 46.9 Å². The molecular formula is C23H20ClN3O. The van der Waals surface area contributed by atoms with Crippen molar-refractivity contribution in [3.05, 3.63) is 88.2 Å². The third kappa shape index (κ3) is 2.68. The number of fused-ring (bicyclic) bond motifs is 2. The quantitative estimate of drug-likeness (QED) is 0.650. The molecule has 0 spiro atoms. The van der Waals surface area contributed by atoms with E-state index in [0.29, 0.717) is 11.4 Å². The maximum absolute atomic E-state index is 12.9. The van der Waals surface area contributed by atoms with Gasteiger partial charge in [0, 0.05) is 28.6 Å². The van der Waals surface area contributed by atoms with E-state index in [0.717, 1.165) is 40.4 Å². The summed E-state index contributed by atoms with van der Waals surface area (Å²) in [7, 11) is 0. The van der Waals surface area contributed by atoms with Crippen molar-refractivity contribution in [2.75, 3.05) is 5.32 Å². The summed E-state index contributed by atoms with van der Waals surface area (Å²) in [5.41, 5.74) is 5.09. The molecule has 1 N–H and O–H groups in total. The third-order valence-corrected chi connectivity index (χ3v) is 5.93. The van der Waals surface area contributed by atoms with Crippen molar-refractivity contribution in [1.82, 2.24) is 9.78 Å². The fourth-order valence-electron chi connectivity index (χ4n) is 4.44. The number of ketones is 1. The van der Waals surface area contributed by atoms with Crippen LogP contribution < -0.4 is 5.32 Å². The predicted octanol–water partition coefficient (Wildman–Crippen LogP) is 5.25. The van der Waals surface area contributed by atoms with Crippen LogP contribution in [0.4, 0.5) is 5.82 Å². The van der Waals surface area contributed by atoms with Crippen molar-refractivity contribution in [3.8, 4) is 5.69 Å². The number of allylic oxidation sites excluding steroid dienone is 2. The Morgan fingerprint density at radius 3 is 2.57 bits per heavy atom. The Labute approximate surface area is 168 Å². The highest BCUT2D eigenvalue weighted by Gasteiger charge is 2.42. The molecule has 2 aliphatic rings. The van der Waals surface area contributed by atoms with Gasteiger partial charge in [-0.15, -0.1) is 0 Å². The molecule has 5 heteroatoms. The predicted molar refractivity (Wildman–Crippen MR) is 111 cm³/mol. The van der Waals surface area contributed by atoms with Gasteiger partial charge in [-0.05, 0) is 43.2 Å². The van der Waals surface area contributed by atoms with Gasteiger partial charge in [-0.1, -0.05) is 48.0 Å². The Morgan fingerprint density at radius 1 is 1.07 bits per heavy atom. The van der Waals surface area contributed by atoms with E-state index < -0.39 is 0 Å². The summed E-state index contributed by atoms with van der Waals surface area (Å²) in [6.45, 7) is 2.02. The summed E-state index contributed by atoms with van der Waals surface area (Å²) in [5, 5.41) is 9.07.